The standard InChI is InChI=1S/C7H8OS/c1-3-7-6(8-2)4-5-9-7/h3-5H,1H2,2H3. The van der Waals surface area contributed by atoms with Crippen LogP contribution in [0.5, 0.6) is 5.75 Å². The number of ether oxygens (including phenoxy) is 1. The summed E-state index contributed by atoms with van der Waals surface area (Å²) in [4.78, 5) is 1.09. The third-order valence-corrected chi connectivity index (χ3v) is 1.96. The fraction of sp³-hybridized carbons (Fsp3) is 0.143. The van der Waals surface area contributed by atoms with E-state index in [-0.39, 0.29) is 0 Å². The van der Waals surface area contributed by atoms with Gasteiger partial charge in [-0.2, -0.15) is 0 Å². The predicted octanol–water partition coefficient (Wildman–Crippen LogP) is 2.40. The summed E-state index contributed by atoms with van der Waals surface area (Å²) < 4.78 is 5.02. The quantitative estimate of drug-likeness (QED) is 0.613. The number of hydrogen-bond acceptors (Lipinski definition) is 2. The Morgan fingerprint density at radius 2 is 2.56 bits per heavy atom. The first-order chi connectivity index (χ1) is 4.38. The largest absolute Gasteiger partial charge is 0.495 e. The van der Waals surface area contributed by atoms with Gasteiger partial charge in [0.2, 0.25) is 0 Å². The molecule has 0 aliphatic carbocycles. The lowest BCUT2D eigenvalue weighted by atomic mass is 10.4. The van der Waals surface area contributed by atoms with E-state index >= 15 is 0 Å². The van der Waals surface area contributed by atoms with Gasteiger partial charge in [-0.1, -0.05) is 6.58 Å². The van der Waals surface area contributed by atoms with E-state index in [9.17, 15) is 0 Å². The molecule has 1 aromatic heterocycles. The molecular weight excluding hydrogens is 132 g/mol. The Balaban J connectivity index is 2.98. The summed E-state index contributed by atoms with van der Waals surface area (Å²) in [6.07, 6.45) is 1.80. The van der Waals surface area contributed by atoms with E-state index in [2.05, 4.69) is 6.58 Å². The highest BCUT2D eigenvalue weighted by Crippen LogP contribution is 2.24. The van der Waals surface area contributed by atoms with E-state index in [0.717, 1.165) is 10.6 Å². The molecule has 9 heavy (non-hydrogen) atoms. The molecule has 0 saturated heterocycles. The zero-order chi connectivity index (χ0) is 6.69. The van der Waals surface area contributed by atoms with Crippen molar-refractivity contribution in [2.24, 2.45) is 0 Å². The van der Waals surface area contributed by atoms with Gasteiger partial charge in [-0.05, 0) is 17.5 Å². The molecule has 0 saturated carbocycles. The first kappa shape index (κ1) is 6.36. The zero-order valence-corrected chi connectivity index (χ0v) is 6.07. The summed E-state index contributed by atoms with van der Waals surface area (Å²) in [5, 5.41) is 1.98. The first-order valence-electron chi connectivity index (χ1n) is 2.62. The fourth-order valence-corrected chi connectivity index (χ4v) is 1.33. The molecule has 0 N–H and O–H groups in total. The van der Waals surface area contributed by atoms with E-state index in [1.165, 1.54) is 0 Å². The van der Waals surface area contributed by atoms with Crippen molar-refractivity contribution in [3.05, 3.63) is 22.9 Å². The maximum atomic E-state index is 5.02. The topological polar surface area (TPSA) is 9.23 Å². The lowest BCUT2D eigenvalue weighted by Crippen LogP contribution is -1.79. The van der Waals surface area contributed by atoms with Gasteiger partial charge < -0.3 is 4.74 Å². The monoisotopic (exact) mass is 140 g/mol. The highest BCUT2D eigenvalue weighted by Gasteiger charge is 1.96. The van der Waals surface area contributed by atoms with Crippen LogP contribution in [0.1, 0.15) is 4.88 Å². The van der Waals surface area contributed by atoms with Crippen LogP contribution >= 0.6 is 11.3 Å². The Morgan fingerprint density at radius 3 is 3.00 bits per heavy atom. The van der Waals surface area contributed by atoms with Crippen molar-refractivity contribution in [1.29, 1.82) is 0 Å². The molecule has 0 radical (unpaired) electrons. The molecule has 2 heteroatoms. The van der Waals surface area contributed by atoms with Crippen molar-refractivity contribution in [2.75, 3.05) is 7.11 Å². The Hall–Kier alpha value is -0.760. The SMILES string of the molecule is C=Cc1sccc1OC. The van der Waals surface area contributed by atoms with Crippen LogP contribution in [0.15, 0.2) is 18.0 Å². The number of hydrogen-bond donors (Lipinski definition) is 0. The Morgan fingerprint density at radius 1 is 1.78 bits per heavy atom. The van der Waals surface area contributed by atoms with Gasteiger partial charge in [0.15, 0.2) is 0 Å². The molecule has 0 unspecified atom stereocenters. The van der Waals surface area contributed by atoms with Gasteiger partial charge >= 0.3 is 0 Å². The zero-order valence-electron chi connectivity index (χ0n) is 5.26. The van der Waals surface area contributed by atoms with Crippen molar-refractivity contribution in [2.45, 2.75) is 0 Å². The van der Waals surface area contributed by atoms with E-state index in [0.29, 0.717) is 0 Å². The van der Waals surface area contributed by atoms with E-state index in [1.54, 1.807) is 24.5 Å². The second-order valence-corrected chi connectivity index (χ2v) is 2.51. The van der Waals surface area contributed by atoms with Crippen LogP contribution < -0.4 is 4.74 Å². The normalized spacial score (nSPS) is 9.00. The van der Waals surface area contributed by atoms with Gasteiger partial charge in [0, 0.05) is 0 Å². The fourth-order valence-electron chi connectivity index (χ4n) is 0.627. The summed E-state index contributed by atoms with van der Waals surface area (Å²) >= 11 is 1.63. The number of rotatable bonds is 2. The summed E-state index contributed by atoms with van der Waals surface area (Å²) in [6, 6.07) is 1.93. The molecule has 0 fully saturated rings. The van der Waals surface area contributed by atoms with Gasteiger partial charge in [0.1, 0.15) is 5.75 Å². The summed E-state index contributed by atoms with van der Waals surface area (Å²) in [5.41, 5.74) is 0. The van der Waals surface area contributed by atoms with Crippen molar-refractivity contribution in [3.63, 3.8) is 0 Å². The third kappa shape index (κ3) is 1.13. The first-order valence-corrected chi connectivity index (χ1v) is 3.50. The Bertz CT molecular complexity index is 202. The smallest absolute Gasteiger partial charge is 0.136 e. The number of methoxy groups -OCH3 is 1. The minimum absolute atomic E-state index is 0.912. The van der Waals surface area contributed by atoms with Crippen LogP contribution in [0.4, 0.5) is 0 Å². The van der Waals surface area contributed by atoms with Gasteiger partial charge in [0.25, 0.3) is 0 Å². The van der Waals surface area contributed by atoms with Crippen molar-refractivity contribution in [1.82, 2.24) is 0 Å². The van der Waals surface area contributed by atoms with Crippen LogP contribution in [-0.2, 0) is 0 Å². The molecule has 0 atom stereocenters. The van der Waals surface area contributed by atoms with Crippen molar-refractivity contribution < 1.29 is 4.74 Å². The Kier molecular flexibility index (Phi) is 1.90. The van der Waals surface area contributed by atoms with Gasteiger partial charge in [-0.15, -0.1) is 11.3 Å². The molecule has 1 heterocycles. The maximum absolute atomic E-state index is 5.02. The maximum Gasteiger partial charge on any atom is 0.136 e. The van der Waals surface area contributed by atoms with Crippen LogP contribution in [-0.4, -0.2) is 7.11 Å². The summed E-state index contributed by atoms with van der Waals surface area (Å²) in [7, 11) is 1.66. The molecular formula is C7H8OS. The van der Waals surface area contributed by atoms with E-state index < -0.39 is 0 Å². The molecule has 0 bridgehead atoms. The van der Waals surface area contributed by atoms with Gasteiger partial charge in [0.05, 0.1) is 12.0 Å². The number of thiophene rings is 1. The van der Waals surface area contributed by atoms with Gasteiger partial charge in [-0.25, -0.2) is 0 Å². The summed E-state index contributed by atoms with van der Waals surface area (Å²) in [5.74, 6) is 0.912. The van der Waals surface area contributed by atoms with Crippen LogP contribution in [0.3, 0.4) is 0 Å². The van der Waals surface area contributed by atoms with Gasteiger partial charge in [-0.3, -0.25) is 0 Å². The molecule has 1 aromatic rings. The molecule has 1 rings (SSSR count). The van der Waals surface area contributed by atoms with E-state index in [4.69, 9.17) is 4.74 Å². The second-order valence-electron chi connectivity index (χ2n) is 1.56. The molecule has 0 spiro atoms. The highest BCUT2D eigenvalue weighted by atomic mass is 32.1. The van der Waals surface area contributed by atoms with Crippen LogP contribution in [0, 0.1) is 0 Å². The molecule has 48 valence electrons. The lowest BCUT2D eigenvalue weighted by Gasteiger charge is -1.93. The molecule has 0 aliphatic rings. The van der Waals surface area contributed by atoms with E-state index in [1.807, 2.05) is 11.4 Å². The molecule has 0 aromatic carbocycles. The third-order valence-electron chi connectivity index (χ3n) is 1.06. The second kappa shape index (κ2) is 2.69. The van der Waals surface area contributed by atoms with Crippen molar-refractivity contribution in [3.8, 4) is 5.75 Å². The molecule has 0 aliphatic heterocycles. The minimum atomic E-state index is 0.912. The van der Waals surface area contributed by atoms with Crippen molar-refractivity contribution >= 4 is 17.4 Å². The van der Waals surface area contributed by atoms with Crippen LogP contribution in [0.25, 0.3) is 6.08 Å². The Labute approximate surface area is 58.6 Å². The summed E-state index contributed by atoms with van der Waals surface area (Å²) in [6.45, 7) is 3.64. The lowest BCUT2D eigenvalue weighted by molar-refractivity contribution is 0.416. The average molecular weight is 140 g/mol. The highest BCUT2D eigenvalue weighted by molar-refractivity contribution is 7.11. The predicted molar refractivity (Wildman–Crippen MR) is 41.0 cm³/mol. The van der Waals surface area contributed by atoms with Crippen LogP contribution in [0.2, 0.25) is 0 Å². The molecule has 0 amide bonds. The molecule has 1 nitrogen and oxygen atoms in total. The minimum Gasteiger partial charge on any atom is -0.495 e. The average Bonchev–Trinajstić information content (AvgIpc) is 2.33.